The average Bonchev–Trinajstić information content (AvgIpc) is 3.51. The van der Waals surface area contributed by atoms with Crippen molar-refractivity contribution >= 4 is 11.7 Å². The lowest BCUT2D eigenvalue weighted by molar-refractivity contribution is -0.129. The van der Waals surface area contributed by atoms with Gasteiger partial charge in [-0.3, -0.25) is 9.59 Å². The molecule has 3 heterocycles. The Morgan fingerprint density at radius 2 is 2.09 bits per heavy atom. The number of carbonyl (C=O) groups is 2. The van der Waals surface area contributed by atoms with Gasteiger partial charge in [-0.15, -0.1) is 0 Å². The summed E-state index contributed by atoms with van der Waals surface area (Å²) in [5.41, 5.74) is 0.697. The number of ketones is 1. The van der Waals surface area contributed by atoms with Gasteiger partial charge in [0.1, 0.15) is 11.5 Å². The number of aryl methyl sites for hydroxylation is 2. The minimum atomic E-state index is -0.747. The molecule has 0 aliphatic carbocycles. The van der Waals surface area contributed by atoms with Crippen LogP contribution in [0.3, 0.4) is 0 Å². The number of imidazole rings is 1. The first-order valence-electron chi connectivity index (χ1n) is 10.5. The summed E-state index contributed by atoms with van der Waals surface area (Å²) < 4.78 is 13.0. The van der Waals surface area contributed by atoms with Crippen molar-refractivity contribution in [1.82, 2.24) is 14.5 Å². The predicted molar refractivity (Wildman–Crippen MR) is 116 cm³/mol. The zero-order chi connectivity index (χ0) is 22.7. The summed E-state index contributed by atoms with van der Waals surface area (Å²) in [4.78, 5) is 31.9. The second kappa shape index (κ2) is 9.13. The Bertz CT molecular complexity index is 1150. The fourth-order valence-corrected chi connectivity index (χ4v) is 3.94. The van der Waals surface area contributed by atoms with E-state index in [1.807, 2.05) is 35.9 Å². The molecule has 1 N–H and O–H groups in total. The molecule has 0 radical (unpaired) electrons. The average molecular weight is 435 g/mol. The fourth-order valence-electron chi connectivity index (χ4n) is 3.94. The summed E-state index contributed by atoms with van der Waals surface area (Å²) in [7, 11) is 0. The molecule has 166 valence electrons. The lowest BCUT2D eigenvalue weighted by Crippen LogP contribution is -2.32. The molecule has 1 atom stereocenters. The lowest BCUT2D eigenvalue weighted by Gasteiger charge is -2.27. The molecule has 0 saturated carbocycles. The number of aliphatic hydroxyl groups is 1. The number of Topliss-reactive ketones (excluding diaryl/α,β-unsaturated/α-hetero) is 1. The van der Waals surface area contributed by atoms with Crippen LogP contribution in [0.15, 0.2) is 70.9 Å². The number of hydrogen-bond donors (Lipinski definition) is 1. The third-order valence-electron chi connectivity index (χ3n) is 5.37. The van der Waals surface area contributed by atoms with Crippen LogP contribution in [0.2, 0.25) is 0 Å². The Morgan fingerprint density at radius 1 is 1.25 bits per heavy atom. The number of carbonyl (C=O) groups excluding carboxylic acids is 2. The van der Waals surface area contributed by atoms with Gasteiger partial charge in [-0.25, -0.2) is 4.98 Å². The number of rotatable bonds is 9. The first kappa shape index (κ1) is 21.4. The molecule has 32 heavy (non-hydrogen) atoms. The van der Waals surface area contributed by atoms with Crippen LogP contribution in [-0.2, 0) is 11.3 Å². The molecule has 0 unspecified atom stereocenters. The number of benzene rings is 1. The monoisotopic (exact) mass is 435 g/mol. The number of hydrogen-bond acceptors (Lipinski definition) is 6. The molecular weight excluding hydrogens is 410 g/mol. The van der Waals surface area contributed by atoms with Gasteiger partial charge < -0.3 is 23.7 Å². The molecule has 3 aromatic rings. The van der Waals surface area contributed by atoms with Gasteiger partial charge in [0.2, 0.25) is 5.78 Å². The SMILES string of the molecule is CCOc1cccc([C@H]2C(C(=O)c3ccc(C)o3)=C(O)C(=O)N2CCCn2ccnc2)c1. The summed E-state index contributed by atoms with van der Waals surface area (Å²) >= 11 is 0. The van der Waals surface area contributed by atoms with Gasteiger partial charge in [0.15, 0.2) is 11.5 Å². The van der Waals surface area contributed by atoms with Gasteiger partial charge in [0.05, 0.1) is 24.5 Å². The van der Waals surface area contributed by atoms with Crippen LogP contribution in [0, 0.1) is 6.92 Å². The maximum absolute atomic E-state index is 13.3. The minimum Gasteiger partial charge on any atom is -0.503 e. The van der Waals surface area contributed by atoms with Crippen molar-refractivity contribution in [2.45, 2.75) is 32.9 Å². The summed E-state index contributed by atoms with van der Waals surface area (Å²) in [6.07, 6.45) is 5.87. The van der Waals surface area contributed by atoms with Crippen LogP contribution in [0.4, 0.5) is 0 Å². The topological polar surface area (TPSA) is 97.8 Å². The maximum atomic E-state index is 13.3. The van der Waals surface area contributed by atoms with E-state index in [9.17, 15) is 14.7 Å². The van der Waals surface area contributed by atoms with E-state index in [4.69, 9.17) is 9.15 Å². The Labute approximate surface area is 185 Å². The molecule has 8 nitrogen and oxygen atoms in total. The van der Waals surface area contributed by atoms with E-state index in [1.165, 1.54) is 4.90 Å². The molecule has 8 heteroatoms. The lowest BCUT2D eigenvalue weighted by atomic mass is 9.95. The summed E-state index contributed by atoms with van der Waals surface area (Å²) in [6, 6.07) is 9.72. The zero-order valence-electron chi connectivity index (χ0n) is 18.0. The standard InChI is InChI=1S/C24H25N3O5/c1-3-31-18-7-4-6-17(14-18)21-20(22(28)19-9-8-16(2)32-19)23(29)24(30)27(21)12-5-11-26-13-10-25-15-26/h4,6-10,13-15,21,29H,3,5,11-12H2,1-2H3/t21-/m0/s1. The smallest absolute Gasteiger partial charge is 0.290 e. The normalized spacial score (nSPS) is 16.1. The zero-order valence-corrected chi connectivity index (χ0v) is 18.0. The largest absolute Gasteiger partial charge is 0.503 e. The fraction of sp³-hybridized carbons (Fsp3) is 0.292. The highest BCUT2D eigenvalue weighted by Gasteiger charge is 2.44. The maximum Gasteiger partial charge on any atom is 0.290 e. The number of furan rings is 1. The van der Waals surface area contributed by atoms with Crippen molar-refractivity contribution in [3.63, 3.8) is 0 Å². The van der Waals surface area contributed by atoms with Crippen molar-refractivity contribution in [3.05, 3.63) is 83.5 Å². The van der Waals surface area contributed by atoms with Crippen molar-refractivity contribution in [2.24, 2.45) is 0 Å². The second-order valence-corrected chi connectivity index (χ2v) is 7.56. The molecule has 4 rings (SSSR count). The van der Waals surface area contributed by atoms with Gasteiger partial charge >= 0.3 is 0 Å². The van der Waals surface area contributed by atoms with Crippen LogP contribution in [-0.4, -0.2) is 44.4 Å². The molecular formula is C24H25N3O5. The number of ether oxygens (including phenoxy) is 1. The van der Waals surface area contributed by atoms with Gasteiger partial charge in [-0.05, 0) is 50.1 Å². The van der Waals surface area contributed by atoms with Crippen LogP contribution < -0.4 is 4.74 Å². The Hall–Kier alpha value is -3.81. The number of aliphatic hydroxyl groups excluding tert-OH is 1. The van der Waals surface area contributed by atoms with Crippen LogP contribution in [0.5, 0.6) is 5.75 Å². The molecule has 0 spiro atoms. The van der Waals surface area contributed by atoms with E-state index >= 15 is 0 Å². The highest BCUT2D eigenvalue weighted by atomic mass is 16.5. The molecule has 1 aliphatic rings. The van der Waals surface area contributed by atoms with Crippen LogP contribution in [0.1, 0.15) is 41.3 Å². The molecule has 1 amide bonds. The number of nitrogens with zero attached hydrogens (tertiary/aromatic N) is 3. The van der Waals surface area contributed by atoms with Gasteiger partial charge in [0.25, 0.3) is 5.91 Å². The minimum absolute atomic E-state index is 0.0145. The third-order valence-corrected chi connectivity index (χ3v) is 5.37. The van der Waals surface area contributed by atoms with Crippen molar-refractivity contribution in [3.8, 4) is 5.75 Å². The van der Waals surface area contributed by atoms with E-state index < -0.39 is 23.5 Å². The first-order chi connectivity index (χ1) is 15.5. The highest BCUT2D eigenvalue weighted by Crippen LogP contribution is 2.40. The molecule has 1 aromatic carbocycles. The molecule has 0 fully saturated rings. The first-order valence-corrected chi connectivity index (χ1v) is 10.5. The Balaban J connectivity index is 1.68. The molecule has 0 bridgehead atoms. The van der Waals surface area contributed by atoms with E-state index in [-0.39, 0.29) is 11.3 Å². The van der Waals surface area contributed by atoms with E-state index in [0.29, 0.717) is 43.2 Å². The van der Waals surface area contributed by atoms with Crippen molar-refractivity contribution < 1.29 is 23.8 Å². The third kappa shape index (κ3) is 4.16. The quantitative estimate of drug-likeness (QED) is 0.513. The molecule has 2 aromatic heterocycles. The van der Waals surface area contributed by atoms with Crippen LogP contribution in [0.25, 0.3) is 0 Å². The Morgan fingerprint density at radius 3 is 2.78 bits per heavy atom. The second-order valence-electron chi connectivity index (χ2n) is 7.56. The van der Waals surface area contributed by atoms with Crippen LogP contribution >= 0.6 is 0 Å². The van der Waals surface area contributed by atoms with Crippen molar-refractivity contribution in [1.29, 1.82) is 0 Å². The van der Waals surface area contributed by atoms with E-state index in [1.54, 1.807) is 37.6 Å². The Kier molecular flexibility index (Phi) is 6.11. The van der Waals surface area contributed by atoms with Gasteiger partial charge in [-0.2, -0.15) is 0 Å². The number of aromatic nitrogens is 2. The van der Waals surface area contributed by atoms with Gasteiger partial charge in [-0.1, -0.05) is 12.1 Å². The summed E-state index contributed by atoms with van der Waals surface area (Å²) in [5.74, 6) is -0.337. The number of amides is 1. The molecule has 1 aliphatic heterocycles. The molecule has 0 saturated heterocycles. The van der Waals surface area contributed by atoms with E-state index in [2.05, 4.69) is 4.98 Å². The highest BCUT2D eigenvalue weighted by molar-refractivity contribution is 6.15. The summed E-state index contributed by atoms with van der Waals surface area (Å²) in [6.45, 7) is 5.10. The predicted octanol–water partition coefficient (Wildman–Crippen LogP) is 3.85. The summed E-state index contributed by atoms with van der Waals surface area (Å²) in [5, 5.41) is 10.7. The van der Waals surface area contributed by atoms with Crippen molar-refractivity contribution in [2.75, 3.05) is 13.2 Å². The van der Waals surface area contributed by atoms with Gasteiger partial charge in [0, 0.05) is 25.5 Å². The van der Waals surface area contributed by atoms with E-state index in [0.717, 1.165) is 0 Å².